The lowest BCUT2D eigenvalue weighted by Gasteiger charge is -2.30. The van der Waals surface area contributed by atoms with E-state index in [1.807, 2.05) is 0 Å². The molecule has 0 radical (unpaired) electrons. The summed E-state index contributed by atoms with van der Waals surface area (Å²) >= 11 is 0. The Bertz CT molecular complexity index is 1180. The standard InChI is InChI=1S/C23H27N3O7S/c1-15-8-3-5-12-20(15)24-22(27)16(2)33-23(28)19-11-4-6-13-21(19)25-34(31,32)18-10-7-9-17(14-18)26(29)30/h4,6-7,9-11,13-16,20,25H,3,5,8,12H2,1-2H3,(H,24,27). The quantitative estimate of drug-likeness (QED) is 0.327. The van der Waals surface area contributed by atoms with Crippen LogP contribution in [0, 0.1) is 16.0 Å². The molecular weight excluding hydrogens is 462 g/mol. The first kappa shape index (κ1) is 25.2. The molecule has 1 fully saturated rings. The lowest BCUT2D eigenvalue weighted by Crippen LogP contribution is -2.46. The van der Waals surface area contributed by atoms with E-state index < -0.39 is 32.9 Å². The molecule has 0 bridgehead atoms. The van der Waals surface area contributed by atoms with Crippen molar-refractivity contribution in [2.24, 2.45) is 5.92 Å². The predicted octanol–water partition coefficient (Wildman–Crippen LogP) is 3.64. The molecule has 182 valence electrons. The number of anilines is 1. The van der Waals surface area contributed by atoms with Gasteiger partial charge in [0.2, 0.25) is 0 Å². The minimum Gasteiger partial charge on any atom is -0.449 e. The second-order valence-corrected chi connectivity index (χ2v) is 10.0. The fraction of sp³-hybridized carbons (Fsp3) is 0.391. The topological polar surface area (TPSA) is 145 Å². The Balaban J connectivity index is 1.73. The molecule has 3 unspecified atom stereocenters. The summed E-state index contributed by atoms with van der Waals surface area (Å²) in [6.07, 6.45) is 2.97. The Hall–Kier alpha value is -3.47. The molecule has 2 N–H and O–H groups in total. The molecule has 1 aliphatic carbocycles. The maximum Gasteiger partial charge on any atom is 0.341 e. The number of benzene rings is 2. The molecular formula is C23H27N3O7S. The van der Waals surface area contributed by atoms with Gasteiger partial charge in [0.15, 0.2) is 6.10 Å². The van der Waals surface area contributed by atoms with Gasteiger partial charge in [0.25, 0.3) is 21.6 Å². The monoisotopic (exact) mass is 489 g/mol. The van der Waals surface area contributed by atoms with Gasteiger partial charge in [-0.3, -0.25) is 19.6 Å². The Morgan fingerprint density at radius 2 is 1.82 bits per heavy atom. The average Bonchev–Trinajstić information content (AvgIpc) is 2.80. The summed E-state index contributed by atoms with van der Waals surface area (Å²) in [5.41, 5.74) is -0.558. The molecule has 1 amide bonds. The van der Waals surface area contributed by atoms with Crippen molar-refractivity contribution in [3.8, 4) is 0 Å². The predicted molar refractivity (Wildman–Crippen MR) is 125 cm³/mol. The van der Waals surface area contributed by atoms with Crippen molar-refractivity contribution >= 4 is 33.3 Å². The molecule has 1 aliphatic rings. The number of nitrogens with zero attached hydrogens (tertiary/aromatic N) is 1. The van der Waals surface area contributed by atoms with E-state index in [1.165, 1.54) is 49.4 Å². The lowest BCUT2D eigenvalue weighted by atomic mass is 9.86. The summed E-state index contributed by atoms with van der Waals surface area (Å²) in [7, 11) is -4.24. The number of rotatable bonds is 8. The van der Waals surface area contributed by atoms with Crippen LogP contribution < -0.4 is 10.0 Å². The maximum atomic E-state index is 12.8. The Kier molecular flexibility index (Phi) is 7.87. The highest BCUT2D eigenvalue weighted by Crippen LogP contribution is 2.25. The van der Waals surface area contributed by atoms with Crippen molar-refractivity contribution in [3.05, 3.63) is 64.2 Å². The number of nitro benzene ring substituents is 1. The molecule has 0 saturated heterocycles. The zero-order valence-electron chi connectivity index (χ0n) is 18.9. The SMILES string of the molecule is CC(OC(=O)c1ccccc1NS(=O)(=O)c1cccc([N+](=O)[O-])c1)C(=O)NC1CCCCC1C. The fourth-order valence-corrected chi connectivity index (χ4v) is 4.95. The number of hydrogen-bond donors (Lipinski definition) is 2. The number of carbonyl (C=O) groups excluding carboxylic acids is 2. The zero-order chi connectivity index (χ0) is 24.9. The molecule has 10 nitrogen and oxygen atoms in total. The van der Waals surface area contributed by atoms with Gasteiger partial charge in [-0.1, -0.05) is 38.0 Å². The van der Waals surface area contributed by atoms with Gasteiger partial charge in [0.1, 0.15) is 0 Å². The fourth-order valence-electron chi connectivity index (χ4n) is 3.83. The number of para-hydroxylation sites is 1. The van der Waals surface area contributed by atoms with Gasteiger partial charge in [-0.15, -0.1) is 0 Å². The second-order valence-electron chi connectivity index (χ2n) is 8.33. The molecule has 0 spiro atoms. The third kappa shape index (κ3) is 6.10. The Morgan fingerprint density at radius 1 is 1.12 bits per heavy atom. The van der Waals surface area contributed by atoms with Crippen LogP contribution in [0.5, 0.6) is 0 Å². The number of amides is 1. The molecule has 2 aromatic rings. The third-order valence-corrected chi connectivity index (χ3v) is 7.19. The van der Waals surface area contributed by atoms with E-state index >= 15 is 0 Å². The number of nitrogens with one attached hydrogen (secondary N) is 2. The van der Waals surface area contributed by atoms with Crippen molar-refractivity contribution in [3.63, 3.8) is 0 Å². The van der Waals surface area contributed by atoms with Crippen molar-refractivity contribution in [1.29, 1.82) is 0 Å². The minimum absolute atomic E-state index is 0.0245. The average molecular weight is 490 g/mol. The lowest BCUT2D eigenvalue weighted by molar-refractivity contribution is -0.385. The number of sulfonamides is 1. The molecule has 11 heteroatoms. The number of non-ortho nitro benzene ring substituents is 1. The number of carbonyl (C=O) groups is 2. The van der Waals surface area contributed by atoms with Gasteiger partial charge >= 0.3 is 5.97 Å². The molecule has 3 atom stereocenters. The summed E-state index contributed by atoms with van der Waals surface area (Å²) in [6.45, 7) is 3.53. The maximum absolute atomic E-state index is 12.8. The van der Waals surface area contributed by atoms with Crippen molar-refractivity contribution in [1.82, 2.24) is 5.32 Å². The second kappa shape index (κ2) is 10.6. The summed E-state index contributed by atoms with van der Waals surface area (Å²) in [6, 6.07) is 10.3. The molecule has 0 aliphatic heterocycles. The summed E-state index contributed by atoms with van der Waals surface area (Å²) in [5, 5.41) is 13.9. The van der Waals surface area contributed by atoms with Gasteiger partial charge < -0.3 is 10.1 Å². The van der Waals surface area contributed by atoms with E-state index in [0.29, 0.717) is 5.92 Å². The van der Waals surface area contributed by atoms with Gasteiger partial charge in [-0.05, 0) is 43.9 Å². The van der Waals surface area contributed by atoms with E-state index in [0.717, 1.165) is 31.7 Å². The van der Waals surface area contributed by atoms with Crippen LogP contribution in [0.4, 0.5) is 11.4 Å². The molecule has 3 rings (SSSR count). The number of hydrogen-bond acceptors (Lipinski definition) is 7. The van der Waals surface area contributed by atoms with Crippen molar-refractivity contribution < 1.29 is 27.7 Å². The van der Waals surface area contributed by atoms with Crippen molar-refractivity contribution in [2.75, 3.05) is 4.72 Å². The zero-order valence-corrected chi connectivity index (χ0v) is 19.7. The smallest absolute Gasteiger partial charge is 0.341 e. The van der Waals surface area contributed by atoms with Crippen molar-refractivity contribution in [2.45, 2.75) is 56.6 Å². The number of nitro groups is 1. The van der Waals surface area contributed by atoms with Gasteiger partial charge in [0.05, 0.1) is 21.1 Å². The Labute approximate surface area is 197 Å². The third-order valence-electron chi connectivity index (χ3n) is 5.82. The van der Waals surface area contributed by atoms with Gasteiger partial charge in [-0.2, -0.15) is 0 Å². The van der Waals surface area contributed by atoms with Crippen LogP contribution in [0.3, 0.4) is 0 Å². The van der Waals surface area contributed by atoms with Crippen LogP contribution in [0.15, 0.2) is 53.4 Å². The largest absolute Gasteiger partial charge is 0.449 e. The molecule has 1 saturated carbocycles. The van der Waals surface area contributed by atoms with E-state index in [2.05, 4.69) is 17.0 Å². The molecule has 2 aromatic carbocycles. The minimum atomic E-state index is -4.24. The molecule has 0 aromatic heterocycles. The van der Waals surface area contributed by atoms with E-state index in [-0.39, 0.29) is 27.9 Å². The number of esters is 1. The van der Waals surface area contributed by atoms with Gasteiger partial charge in [-0.25, -0.2) is 13.2 Å². The van der Waals surface area contributed by atoms with Crippen LogP contribution in [-0.4, -0.2) is 37.4 Å². The molecule has 0 heterocycles. The number of ether oxygens (including phenoxy) is 1. The summed E-state index contributed by atoms with van der Waals surface area (Å²) < 4.78 is 33.2. The first-order valence-corrected chi connectivity index (χ1v) is 12.4. The highest BCUT2D eigenvalue weighted by molar-refractivity contribution is 7.92. The van der Waals surface area contributed by atoms with Crippen LogP contribution in [0.1, 0.15) is 49.9 Å². The van der Waals surface area contributed by atoms with Crippen LogP contribution in [0.2, 0.25) is 0 Å². The highest BCUT2D eigenvalue weighted by Gasteiger charge is 2.28. The molecule has 34 heavy (non-hydrogen) atoms. The van der Waals surface area contributed by atoms with Crippen LogP contribution >= 0.6 is 0 Å². The van der Waals surface area contributed by atoms with Crippen LogP contribution in [0.25, 0.3) is 0 Å². The highest BCUT2D eigenvalue weighted by atomic mass is 32.2. The van der Waals surface area contributed by atoms with E-state index in [9.17, 15) is 28.1 Å². The van der Waals surface area contributed by atoms with E-state index in [1.54, 1.807) is 0 Å². The first-order valence-electron chi connectivity index (χ1n) is 11.0. The van der Waals surface area contributed by atoms with Gasteiger partial charge in [0, 0.05) is 18.2 Å². The first-order chi connectivity index (χ1) is 16.1. The summed E-state index contributed by atoms with van der Waals surface area (Å²) in [5.74, 6) is -0.956. The normalized spacial score (nSPS) is 19.0. The summed E-state index contributed by atoms with van der Waals surface area (Å²) in [4.78, 5) is 35.3. The Morgan fingerprint density at radius 3 is 2.53 bits per heavy atom. The van der Waals surface area contributed by atoms with E-state index in [4.69, 9.17) is 4.74 Å². The van der Waals surface area contributed by atoms with Crippen LogP contribution in [-0.2, 0) is 19.6 Å².